The lowest BCUT2D eigenvalue weighted by Gasteiger charge is -2.07. The van der Waals surface area contributed by atoms with Crippen molar-refractivity contribution in [2.75, 3.05) is 11.1 Å². The smallest absolute Gasteiger partial charge is 0.224 e. The molecule has 0 aromatic heterocycles. The topological polar surface area (TPSA) is 49.3 Å². The number of anilines is 1. The summed E-state index contributed by atoms with van der Waals surface area (Å²) in [6.07, 6.45) is 3.22. The molecule has 0 unspecified atom stereocenters. The quantitative estimate of drug-likeness (QED) is 0.413. The monoisotopic (exact) mass is 333 g/mol. The summed E-state index contributed by atoms with van der Waals surface area (Å²) in [7, 11) is 0. The first kappa shape index (κ1) is 17.3. The number of rotatable bonds is 8. The third-order valence-electron chi connectivity index (χ3n) is 3.31. The first-order valence-electron chi connectivity index (χ1n) is 7.61. The molecule has 2 aromatic carbocycles. The Morgan fingerprint density at radius 1 is 1.04 bits per heavy atom. The SMILES string of the molecule is O=C(CCCCCSc1ccc(F)cc1)Nc1ccccc1O. The molecule has 122 valence electrons. The van der Waals surface area contributed by atoms with Gasteiger partial charge in [0.05, 0.1) is 5.69 Å². The van der Waals surface area contributed by atoms with Crippen LogP contribution in [0.5, 0.6) is 5.75 Å². The van der Waals surface area contributed by atoms with Gasteiger partial charge in [-0.3, -0.25) is 4.79 Å². The van der Waals surface area contributed by atoms with Crippen molar-refractivity contribution >= 4 is 23.4 Å². The van der Waals surface area contributed by atoms with E-state index in [1.54, 1.807) is 48.2 Å². The summed E-state index contributed by atoms with van der Waals surface area (Å²) in [5.41, 5.74) is 0.448. The van der Waals surface area contributed by atoms with Crippen LogP contribution in [0.25, 0.3) is 0 Å². The van der Waals surface area contributed by atoms with Gasteiger partial charge in [0.2, 0.25) is 5.91 Å². The number of phenols is 1. The second-order valence-electron chi connectivity index (χ2n) is 5.18. The Labute approximate surface area is 139 Å². The highest BCUT2D eigenvalue weighted by Gasteiger charge is 2.05. The van der Waals surface area contributed by atoms with E-state index in [1.807, 2.05) is 0 Å². The van der Waals surface area contributed by atoms with Gasteiger partial charge in [0.15, 0.2) is 0 Å². The molecular formula is C18H20FNO2S. The predicted molar refractivity (Wildman–Crippen MR) is 92.3 cm³/mol. The van der Waals surface area contributed by atoms with E-state index in [0.29, 0.717) is 12.1 Å². The molecule has 5 heteroatoms. The molecule has 0 fully saturated rings. The fourth-order valence-electron chi connectivity index (χ4n) is 2.08. The maximum absolute atomic E-state index is 12.8. The lowest BCUT2D eigenvalue weighted by atomic mass is 10.2. The Bertz CT molecular complexity index is 631. The molecule has 0 aliphatic heterocycles. The normalized spacial score (nSPS) is 10.5. The van der Waals surface area contributed by atoms with Gasteiger partial charge in [-0.1, -0.05) is 18.6 Å². The van der Waals surface area contributed by atoms with Gasteiger partial charge in [0, 0.05) is 11.3 Å². The number of hydrogen-bond acceptors (Lipinski definition) is 3. The van der Waals surface area contributed by atoms with Crippen molar-refractivity contribution in [1.29, 1.82) is 0 Å². The molecule has 0 spiro atoms. The fraction of sp³-hybridized carbons (Fsp3) is 0.278. The summed E-state index contributed by atoms with van der Waals surface area (Å²) in [5.74, 6) is 0.728. The number of benzene rings is 2. The molecule has 0 aliphatic carbocycles. The minimum atomic E-state index is -0.218. The second kappa shape index (κ2) is 9.20. The van der Waals surface area contributed by atoms with Crippen molar-refractivity contribution in [1.82, 2.24) is 0 Å². The fourth-order valence-corrected chi connectivity index (χ4v) is 2.99. The molecule has 2 aromatic rings. The summed E-state index contributed by atoms with van der Waals surface area (Å²) in [6.45, 7) is 0. The molecule has 0 aliphatic rings. The molecule has 0 heterocycles. The third kappa shape index (κ3) is 6.32. The van der Waals surface area contributed by atoms with Gasteiger partial charge in [-0.2, -0.15) is 0 Å². The lowest BCUT2D eigenvalue weighted by molar-refractivity contribution is -0.116. The van der Waals surface area contributed by atoms with Crippen LogP contribution in [-0.2, 0) is 4.79 Å². The number of carbonyl (C=O) groups excluding carboxylic acids is 1. The molecule has 0 atom stereocenters. The van der Waals surface area contributed by atoms with E-state index in [4.69, 9.17) is 0 Å². The van der Waals surface area contributed by atoms with Gasteiger partial charge >= 0.3 is 0 Å². The highest BCUT2D eigenvalue weighted by atomic mass is 32.2. The van der Waals surface area contributed by atoms with Gasteiger partial charge in [-0.15, -0.1) is 11.8 Å². The van der Waals surface area contributed by atoms with Gasteiger partial charge in [-0.25, -0.2) is 4.39 Å². The second-order valence-corrected chi connectivity index (χ2v) is 6.35. The highest BCUT2D eigenvalue weighted by molar-refractivity contribution is 7.99. The summed E-state index contributed by atoms with van der Waals surface area (Å²) in [4.78, 5) is 12.8. The van der Waals surface area contributed by atoms with E-state index in [1.165, 1.54) is 12.1 Å². The molecule has 0 saturated heterocycles. The van der Waals surface area contributed by atoms with Crippen molar-refractivity contribution in [3.8, 4) is 5.75 Å². The first-order chi connectivity index (χ1) is 11.1. The minimum absolute atomic E-state index is 0.0801. The predicted octanol–water partition coefficient (Wildman–Crippen LogP) is 4.82. The van der Waals surface area contributed by atoms with Gasteiger partial charge in [0.25, 0.3) is 0 Å². The van der Waals surface area contributed by atoms with Crippen LogP contribution in [0.2, 0.25) is 0 Å². The van der Waals surface area contributed by atoms with E-state index >= 15 is 0 Å². The summed E-state index contributed by atoms with van der Waals surface area (Å²) >= 11 is 1.69. The van der Waals surface area contributed by atoms with E-state index < -0.39 is 0 Å². The molecule has 2 N–H and O–H groups in total. The number of hydrogen-bond donors (Lipinski definition) is 2. The number of unbranched alkanes of at least 4 members (excludes halogenated alkanes) is 2. The average Bonchev–Trinajstić information content (AvgIpc) is 2.54. The van der Waals surface area contributed by atoms with E-state index in [2.05, 4.69) is 5.32 Å². The van der Waals surface area contributed by atoms with Crippen LogP contribution in [0.15, 0.2) is 53.4 Å². The number of carbonyl (C=O) groups is 1. The summed E-state index contributed by atoms with van der Waals surface area (Å²) in [5, 5.41) is 12.3. The van der Waals surface area contributed by atoms with Crippen molar-refractivity contribution < 1.29 is 14.3 Å². The van der Waals surface area contributed by atoms with Gasteiger partial charge < -0.3 is 10.4 Å². The third-order valence-corrected chi connectivity index (χ3v) is 4.41. The minimum Gasteiger partial charge on any atom is -0.506 e. The standard InChI is InChI=1S/C18H20FNO2S/c19-14-9-11-15(12-10-14)23-13-5-1-2-8-18(22)20-16-6-3-4-7-17(16)21/h3-4,6-7,9-12,21H,1-2,5,8,13H2,(H,20,22). The molecule has 0 saturated carbocycles. The molecule has 1 amide bonds. The molecule has 3 nitrogen and oxygen atoms in total. The molecule has 0 radical (unpaired) electrons. The van der Waals surface area contributed by atoms with Crippen molar-refractivity contribution in [3.63, 3.8) is 0 Å². The zero-order valence-corrected chi connectivity index (χ0v) is 13.6. The number of phenolic OH excluding ortho intramolecular Hbond substituents is 1. The Balaban J connectivity index is 1.57. The van der Waals surface area contributed by atoms with Crippen LogP contribution in [0, 0.1) is 5.82 Å². The highest BCUT2D eigenvalue weighted by Crippen LogP contribution is 2.22. The summed E-state index contributed by atoms with van der Waals surface area (Å²) in [6, 6.07) is 13.2. The number of para-hydroxylation sites is 2. The number of halogens is 1. The van der Waals surface area contributed by atoms with E-state index in [0.717, 1.165) is 29.9 Å². The molecule has 23 heavy (non-hydrogen) atoms. The number of nitrogens with one attached hydrogen (secondary N) is 1. The van der Waals surface area contributed by atoms with E-state index in [9.17, 15) is 14.3 Å². The van der Waals surface area contributed by atoms with Gasteiger partial charge in [0.1, 0.15) is 11.6 Å². The van der Waals surface area contributed by atoms with Crippen molar-refractivity contribution in [2.45, 2.75) is 30.6 Å². The van der Waals surface area contributed by atoms with E-state index in [-0.39, 0.29) is 17.5 Å². The average molecular weight is 333 g/mol. The summed E-state index contributed by atoms with van der Waals surface area (Å²) < 4.78 is 12.8. The molecule has 2 rings (SSSR count). The van der Waals surface area contributed by atoms with Crippen molar-refractivity contribution in [2.24, 2.45) is 0 Å². The number of amides is 1. The first-order valence-corrected chi connectivity index (χ1v) is 8.60. The Hall–Kier alpha value is -2.01. The number of aromatic hydroxyl groups is 1. The number of thioether (sulfide) groups is 1. The molecule has 0 bridgehead atoms. The largest absolute Gasteiger partial charge is 0.506 e. The van der Waals surface area contributed by atoms with Crippen LogP contribution in [0.4, 0.5) is 10.1 Å². The maximum atomic E-state index is 12.8. The van der Waals surface area contributed by atoms with Crippen LogP contribution in [-0.4, -0.2) is 16.8 Å². The van der Waals surface area contributed by atoms with Crippen LogP contribution in [0.3, 0.4) is 0 Å². The molecular weight excluding hydrogens is 313 g/mol. The van der Waals surface area contributed by atoms with Crippen LogP contribution in [0.1, 0.15) is 25.7 Å². The Morgan fingerprint density at radius 3 is 2.52 bits per heavy atom. The van der Waals surface area contributed by atoms with Crippen LogP contribution < -0.4 is 5.32 Å². The van der Waals surface area contributed by atoms with Gasteiger partial charge in [-0.05, 0) is 55.0 Å². The Morgan fingerprint density at radius 2 is 1.78 bits per heavy atom. The Kier molecular flexibility index (Phi) is 6.94. The maximum Gasteiger partial charge on any atom is 0.224 e. The van der Waals surface area contributed by atoms with Crippen LogP contribution >= 0.6 is 11.8 Å². The lowest BCUT2D eigenvalue weighted by Crippen LogP contribution is -2.11. The van der Waals surface area contributed by atoms with Crippen molar-refractivity contribution in [3.05, 3.63) is 54.3 Å². The zero-order valence-electron chi connectivity index (χ0n) is 12.8. The zero-order chi connectivity index (χ0) is 16.5.